The Kier molecular flexibility index (Phi) is 5.71. The quantitative estimate of drug-likeness (QED) is 0.552. The van der Waals surface area contributed by atoms with E-state index in [9.17, 15) is 4.79 Å². The molecule has 2 heterocycles. The molecule has 0 spiro atoms. The van der Waals surface area contributed by atoms with Crippen LogP contribution in [-0.4, -0.2) is 49.1 Å². The molecule has 0 saturated carbocycles. The van der Waals surface area contributed by atoms with E-state index in [4.69, 9.17) is 0 Å². The van der Waals surface area contributed by atoms with Gasteiger partial charge in [0, 0.05) is 50.9 Å². The summed E-state index contributed by atoms with van der Waals surface area (Å²) in [6, 6.07) is 30.5. The Labute approximate surface area is 191 Å². The zero-order valence-electron chi connectivity index (χ0n) is 18.9. The van der Waals surface area contributed by atoms with Gasteiger partial charge in [-0.1, -0.05) is 72.8 Å². The Bertz CT molecular complexity index is 1070. The maximum atomic E-state index is 13.2. The molecule has 0 N–H and O–H groups in total. The van der Waals surface area contributed by atoms with Crippen molar-refractivity contribution in [3.63, 3.8) is 0 Å². The van der Waals surface area contributed by atoms with Crippen LogP contribution in [-0.2, 0) is 0 Å². The Hall–Kier alpha value is -3.11. The van der Waals surface area contributed by atoms with Gasteiger partial charge in [0.25, 0.3) is 0 Å². The van der Waals surface area contributed by atoms with Crippen LogP contribution in [0.4, 0.5) is 10.5 Å². The van der Waals surface area contributed by atoms with Gasteiger partial charge in [0.2, 0.25) is 0 Å². The lowest BCUT2D eigenvalue weighted by molar-refractivity contribution is 0.116. The second-order valence-corrected chi connectivity index (χ2v) is 9.16. The molecule has 0 unspecified atom stereocenters. The Morgan fingerprint density at radius 2 is 1.47 bits per heavy atom. The summed E-state index contributed by atoms with van der Waals surface area (Å²) in [6.45, 7) is 2.03. The van der Waals surface area contributed by atoms with Crippen molar-refractivity contribution < 1.29 is 4.79 Å². The molecule has 2 aliphatic heterocycles. The fourth-order valence-corrected chi connectivity index (χ4v) is 5.49. The Morgan fingerprint density at radius 1 is 0.844 bits per heavy atom. The maximum absolute atomic E-state index is 13.2. The van der Waals surface area contributed by atoms with Crippen molar-refractivity contribution in [1.29, 1.82) is 0 Å². The van der Waals surface area contributed by atoms with Gasteiger partial charge in [0.15, 0.2) is 0 Å². The van der Waals surface area contributed by atoms with Crippen molar-refractivity contribution >= 4 is 11.7 Å². The fraction of sp³-hybridized carbons (Fsp3) is 0.321. The van der Waals surface area contributed by atoms with Gasteiger partial charge < -0.3 is 4.90 Å². The second kappa shape index (κ2) is 8.79. The summed E-state index contributed by atoms with van der Waals surface area (Å²) in [6.07, 6.45) is 1.93. The van der Waals surface area contributed by atoms with Gasteiger partial charge in [-0.2, -0.15) is 0 Å². The molecule has 1 fully saturated rings. The summed E-state index contributed by atoms with van der Waals surface area (Å²) >= 11 is 0. The van der Waals surface area contributed by atoms with Gasteiger partial charge in [-0.3, -0.25) is 9.80 Å². The second-order valence-electron chi connectivity index (χ2n) is 9.16. The number of para-hydroxylation sites is 1. The third-order valence-electron chi connectivity index (χ3n) is 7.02. The molecule has 4 nitrogen and oxygen atoms in total. The van der Waals surface area contributed by atoms with Crippen LogP contribution in [0.15, 0.2) is 84.9 Å². The highest BCUT2D eigenvalue weighted by Gasteiger charge is 2.40. The summed E-state index contributed by atoms with van der Waals surface area (Å²) in [7, 11) is 3.68. The molecule has 0 aliphatic carbocycles. The van der Waals surface area contributed by atoms with E-state index in [-0.39, 0.29) is 12.1 Å². The number of carbonyl (C=O) groups is 1. The highest BCUT2D eigenvalue weighted by atomic mass is 16.2. The van der Waals surface area contributed by atoms with E-state index in [1.165, 1.54) is 16.7 Å². The number of hydrogen-bond acceptors (Lipinski definition) is 2. The molecule has 2 aliphatic rings. The molecular formula is C28H31N3O. The van der Waals surface area contributed by atoms with E-state index < -0.39 is 0 Å². The minimum absolute atomic E-state index is 0.0564. The van der Waals surface area contributed by atoms with Crippen molar-refractivity contribution in [1.82, 2.24) is 9.80 Å². The van der Waals surface area contributed by atoms with Gasteiger partial charge in [0.1, 0.15) is 0 Å². The molecule has 1 saturated heterocycles. The third-order valence-corrected chi connectivity index (χ3v) is 7.02. The van der Waals surface area contributed by atoms with E-state index in [2.05, 4.69) is 59.5 Å². The van der Waals surface area contributed by atoms with E-state index in [0.717, 1.165) is 31.6 Å². The highest BCUT2D eigenvalue weighted by molar-refractivity contribution is 5.92. The van der Waals surface area contributed by atoms with Crippen LogP contribution >= 0.6 is 0 Å². The summed E-state index contributed by atoms with van der Waals surface area (Å²) in [5, 5.41) is 0. The van der Waals surface area contributed by atoms with Gasteiger partial charge in [-0.05, 0) is 41.7 Å². The SMILES string of the molecule is CN(C)C(=O)N(c1ccccc1)[C@@H]1CCN2C[C@H](c3ccccc3)c3ccccc3[C@H]2C1. The van der Waals surface area contributed by atoms with Crippen LogP contribution in [0.2, 0.25) is 0 Å². The lowest BCUT2D eigenvalue weighted by Crippen LogP contribution is -2.53. The number of hydrogen-bond donors (Lipinski definition) is 0. The number of carbonyl (C=O) groups excluding carboxylic acids is 1. The maximum Gasteiger partial charge on any atom is 0.324 e. The summed E-state index contributed by atoms with van der Waals surface area (Å²) < 4.78 is 0. The summed E-state index contributed by atoms with van der Waals surface area (Å²) in [5.41, 5.74) is 5.22. The number of urea groups is 1. The van der Waals surface area contributed by atoms with Crippen molar-refractivity contribution in [3.8, 4) is 0 Å². The first-order valence-electron chi connectivity index (χ1n) is 11.6. The van der Waals surface area contributed by atoms with Crippen LogP contribution in [0.25, 0.3) is 0 Å². The predicted molar refractivity (Wildman–Crippen MR) is 130 cm³/mol. The molecule has 32 heavy (non-hydrogen) atoms. The van der Waals surface area contributed by atoms with Crippen molar-refractivity contribution in [2.75, 3.05) is 32.1 Å². The van der Waals surface area contributed by atoms with E-state index in [1.807, 2.05) is 49.3 Å². The average molecular weight is 426 g/mol. The molecule has 5 rings (SSSR count). The lowest BCUT2D eigenvalue weighted by Gasteiger charge is -2.48. The first-order chi connectivity index (χ1) is 15.6. The Morgan fingerprint density at radius 3 is 2.16 bits per heavy atom. The van der Waals surface area contributed by atoms with Crippen LogP contribution < -0.4 is 4.90 Å². The Balaban J connectivity index is 1.49. The monoisotopic (exact) mass is 425 g/mol. The van der Waals surface area contributed by atoms with E-state index in [1.54, 1.807) is 4.90 Å². The molecular weight excluding hydrogens is 394 g/mol. The van der Waals surface area contributed by atoms with Gasteiger partial charge in [-0.15, -0.1) is 0 Å². The van der Waals surface area contributed by atoms with Gasteiger partial charge in [-0.25, -0.2) is 4.79 Å². The average Bonchev–Trinajstić information content (AvgIpc) is 2.85. The van der Waals surface area contributed by atoms with Crippen molar-refractivity contribution in [3.05, 3.63) is 102 Å². The molecule has 0 bridgehead atoms. The number of fused-ring (bicyclic) bond motifs is 3. The molecule has 2 amide bonds. The largest absolute Gasteiger partial charge is 0.330 e. The number of benzene rings is 3. The summed E-state index contributed by atoms with van der Waals surface area (Å²) in [5.74, 6) is 0.397. The lowest BCUT2D eigenvalue weighted by atomic mass is 9.77. The van der Waals surface area contributed by atoms with Gasteiger partial charge >= 0.3 is 6.03 Å². The van der Waals surface area contributed by atoms with Crippen LogP contribution in [0.1, 0.15) is 41.5 Å². The smallest absolute Gasteiger partial charge is 0.324 e. The molecule has 3 aromatic carbocycles. The zero-order chi connectivity index (χ0) is 22.1. The highest BCUT2D eigenvalue weighted by Crippen LogP contribution is 2.44. The number of piperidine rings is 1. The molecule has 3 aromatic rings. The van der Waals surface area contributed by atoms with E-state index in [0.29, 0.717) is 12.0 Å². The zero-order valence-corrected chi connectivity index (χ0v) is 18.9. The fourth-order valence-electron chi connectivity index (χ4n) is 5.49. The molecule has 3 atom stereocenters. The normalized spacial score (nSPS) is 22.5. The van der Waals surface area contributed by atoms with E-state index >= 15 is 0 Å². The number of nitrogens with zero attached hydrogens (tertiary/aromatic N) is 3. The predicted octanol–water partition coefficient (Wildman–Crippen LogP) is 5.53. The molecule has 0 aromatic heterocycles. The minimum atomic E-state index is 0.0564. The standard InChI is InChI=1S/C28H31N3O/c1-29(2)28(32)31(22-13-7-4-8-14-22)23-17-18-30-20-26(21-11-5-3-6-12-21)24-15-9-10-16-25(24)27(30)19-23/h3-16,23,26-27H,17-20H2,1-2H3/t23-,26-,27-/m1/s1. The summed E-state index contributed by atoms with van der Waals surface area (Å²) in [4.78, 5) is 19.6. The molecule has 164 valence electrons. The number of rotatable bonds is 3. The molecule has 4 heteroatoms. The topological polar surface area (TPSA) is 26.8 Å². The third kappa shape index (κ3) is 3.80. The first-order valence-corrected chi connectivity index (χ1v) is 11.6. The number of anilines is 1. The first kappa shape index (κ1) is 20.8. The van der Waals surface area contributed by atoms with Crippen LogP contribution in [0.5, 0.6) is 0 Å². The van der Waals surface area contributed by atoms with Crippen LogP contribution in [0, 0.1) is 0 Å². The molecule has 0 radical (unpaired) electrons. The van der Waals surface area contributed by atoms with Gasteiger partial charge in [0.05, 0.1) is 0 Å². The van der Waals surface area contributed by atoms with Crippen LogP contribution in [0.3, 0.4) is 0 Å². The number of amides is 2. The van der Waals surface area contributed by atoms with Crippen molar-refractivity contribution in [2.45, 2.75) is 30.8 Å². The minimum Gasteiger partial charge on any atom is -0.330 e. The van der Waals surface area contributed by atoms with Crippen molar-refractivity contribution in [2.24, 2.45) is 0 Å².